The fraction of sp³-hybridized carbons (Fsp3) is 0.200. The van der Waals surface area contributed by atoms with E-state index in [1.54, 1.807) is 0 Å². The van der Waals surface area contributed by atoms with Crippen LogP contribution in [0, 0.1) is 0 Å². The zero-order chi connectivity index (χ0) is 10.5. The summed E-state index contributed by atoms with van der Waals surface area (Å²) in [6.07, 6.45) is 11.7. The smallest absolute Gasteiger partial charge is 0.00289 e. The van der Waals surface area contributed by atoms with E-state index in [0.29, 0.717) is 0 Å². The molecule has 0 aromatic heterocycles. The van der Waals surface area contributed by atoms with Crippen LogP contribution >= 0.6 is 0 Å². The largest absolute Gasteiger partial charge is 0.0955 e. The number of benzene rings is 1. The first kappa shape index (κ1) is 9.97. The Bertz CT molecular complexity index is 408. The molecular weight excluding hydrogens is 180 g/mol. The minimum Gasteiger partial charge on any atom is -0.0955 e. The molecule has 1 aliphatic carbocycles. The number of rotatable bonds is 0. The Morgan fingerprint density at radius 2 is 1.80 bits per heavy atom. The van der Waals surface area contributed by atoms with Crippen molar-refractivity contribution in [1.29, 1.82) is 0 Å². The molecule has 0 heteroatoms. The van der Waals surface area contributed by atoms with Gasteiger partial charge in [0.05, 0.1) is 0 Å². The number of fused-ring (bicyclic) bond motifs is 1. The quantitative estimate of drug-likeness (QED) is 0.591. The Balaban J connectivity index is 2.32. The lowest BCUT2D eigenvalue weighted by molar-refractivity contribution is 0.968. The highest BCUT2D eigenvalue weighted by Gasteiger charge is 2.02. The summed E-state index contributed by atoms with van der Waals surface area (Å²) in [6, 6.07) is 8.66. The van der Waals surface area contributed by atoms with Gasteiger partial charge in [-0.05, 0) is 30.4 Å². The molecule has 0 fully saturated rings. The molecule has 0 atom stereocenters. The molecule has 0 saturated carbocycles. The third-order valence-corrected chi connectivity index (χ3v) is 2.70. The van der Waals surface area contributed by atoms with E-state index in [9.17, 15) is 0 Å². The van der Waals surface area contributed by atoms with Crippen molar-refractivity contribution in [2.45, 2.75) is 19.3 Å². The lowest BCUT2D eigenvalue weighted by Crippen LogP contribution is -1.95. The van der Waals surface area contributed by atoms with E-state index in [4.69, 9.17) is 0 Å². The van der Waals surface area contributed by atoms with Crippen LogP contribution in [0.25, 0.3) is 0 Å². The normalized spacial score (nSPS) is 20.4. The molecule has 1 aliphatic rings. The summed E-state index contributed by atoms with van der Waals surface area (Å²) < 4.78 is 0. The van der Waals surface area contributed by atoms with Crippen LogP contribution in [0.1, 0.15) is 17.5 Å². The maximum atomic E-state index is 4.07. The van der Waals surface area contributed by atoms with Gasteiger partial charge in [-0.1, -0.05) is 60.7 Å². The molecule has 0 heterocycles. The third kappa shape index (κ3) is 2.69. The topological polar surface area (TPSA) is 0 Å². The summed E-state index contributed by atoms with van der Waals surface area (Å²) in [4.78, 5) is 0. The van der Waals surface area contributed by atoms with Gasteiger partial charge in [0.25, 0.3) is 0 Å². The van der Waals surface area contributed by atoms with Crippen LogP contribution in [0.4, 0.5) is 0 Å². The first-order valence-electron chi connectivity index (χ1n) is 5.44. The van der Waals surface area contributed by atoms with Gasteiger partial charge in [-0.15, -0.1) is 0 Å². The van der Waals surface area contributed by atoms with Gasteiger partial charge in [-0.2, -0.15) is 0 Å². The van der Waals surface area contributed by atoms with Crippen molar-refractivity contribution in [1.82, 2.24) is 0 Å². The average molecular weight is 196 g/mol. The maximum absolute atomic E-state index is 4.07. The summed E-state index contributed by atoms with van der Waals surface area (Å²) in [7, 11) is 0. The minimum absolute atomic E-state index is 0.973. The third-order valence-electron chi connectivity index (χ3n) is 2.70. The van der Waals surface area contributed by atoms with Crippen molar-refractivity contribution in [2.75, 3.05) is 0 Å². The molecule has 0 spiro atoms. The van der Waals surface area contributed by atoms with E-state index in [2.05, 4.69) is 55.1 Å². The van der Waals surface area contributed by atoms with Crippen LogP contribution in [-0.2, 0) is 12.8 Å². The molecule has 0 unspecified atom stereocenters. The van der Waals surface area contributed by atoms with Gasteiger partial charge in [0.2, 0.25) is 0 Å². The van der Waals surface area contributed by atoms with Crippen LogP contribution in [0.5, 0.6) is 0 Å². The Hall–Kier alpha value is -1.56. The second kappa shape index (κ2) is 4.79. The van der Waals surface area contributed by atoms with Gasteiger partial charge in [-0.25, -0.2) is 0 Å². The molecule has 1 aromatic rings. The Kier molecular flexibility index (Phi) is 3.18. The molecule has 0 radical (unpaired) electrons. The van der Waals surface area contributed by atoms with Crippen molar-refractivity contribution in [2.24, 2.45) is 0 Å². The second-order valence-corrected chi connectivity index (χ2v) is 3.93. The highest BCUT2D eigenvalue weighted by molar-refractivity contribution is 5.34. The predicted octanol–water partition coefficient (Wildman–Crippen LogP) is 3.84. The van der Waals surface area contributed by atoms with E-state index >= 15 is 0 Å². The van der Waals surface area contributed by atoms with E-state index in [1.807, 2.05) is 0 Å². The van der Waals surface area contributed by atoms with Crippen LogP contribution in [0.15, 0.2) is 60.7 Å². The fourth-order valence-corrected chi connectivity index (χ4v) is 1.88. The summed E-state index contributed by atoms with van der Waals surface area (Å²) >= 11 is 0. The highest BCUT2D eigenvalue weighted by Crippen LogP contribution is 2.16. The molecule has 0 nitrogen and oxygen atoms in total. The molecule has 76 valence electrons. The van der Waals surface area contributed by atoms with Gasteiger partial charge in [0.1, 0.15) is 0 Å². The molecule has 1 aromatic carbocycles. The van der Waals surface area contributed by atoms with Crippen LogP contribution in [0.2, 0.25) is 0 Å². The van der Waals surface area contributed by atoms with Gasteiger partial charge in [-0.3, -0.25) is 0 Å². The first-order valence-corrected chi connectivity index (χ1v) is 5.44. The van der Waals surface area contributed by atoms with Gasteiger partial charge >= 0.3 is 0 Å². The van der Waals surface area contributed by atoms with E-state index in [1.165, 1.54) is 16.7 Å². The Morgan fingerprint density at radius 3 is 2.67 bits per heavy atom. The summed E-state index contributed by atoms with van der Waals surface area (Å²) in [5, 5.41) is 0. The molecule has 0 amide bonds. The van der Waals surface area contributed by atoms with Crippen LogP contribution in [0.3, 0.4) is 0 Å². The van der Waals surface area contributed by atoms with Crippen molar-refractivity contribution in [3.8, 4) is 0 Å². The zero-order valence-corrected chi connectivity index (χ0v) is 8.95. The predicted molar refractivity (Wildman–Crippen MR) is 65.9 cm³/mol. The maximum Gasteiger partial charge on any atom is -0.00289 e. The van der Waals surface area contributed by atoms with E-state index < -0.39 is 0 Å². The molecular formula is C15H16. The fourth-order valence-electron chi connectivity index (χ4n) is 1.88. The molecule has 15 heavy (non-hydrogen) atoms. The van der Waals surface area contributed by atoms with Gasteiger partial charge in [0, 0.05) is 0 Å². The minimum atomic E-state index is 0.973. The zero-order valence-electron chi connectivity index (χ0n) is 8.95. The number of hydrogen-bond acceptors (Lipinski definition) is 0. The lowest BCUT2D eigenvalue weighted by Gasteiger charge is -2.09. The van der Waals surface area contributed by atoms with Crippen molar-refractivity contribution in [3.63, 3.8) is 0 Å². The first-order chi connectivity index (χ1) is 7.36. The number of aryl methyl sites for hydroxylation is 1. The molecule has 0 bridgehead atoms. The lowest BCUT2D eigenvalue weighted by atomic mass is 9.96. The van der Waals surface area contributed by atoms with Crippen molar-refractivity contribution in [3.05, 3.63) is 71.8 Å². The molecule has 0 N–H and O–H groups in total. The average Bonchev–Trinajstić information content (AvgIpc) is 2.25. The van der Waals surface area contributed by atoms with Gasteiger partial charge in [0.15, 0.2) is 0 Å². The molecule has 0 aliphatic heterocycles. The summed E-state index contributed by atoms with van der Waals surface area (Å²) in [6.45, 7) is 4.07. The van der Waals surface area contributed by atoms with E-state index in [-0.39, 0.29) is 0 Å². The van der Waals surface area contributed by atoms with Crippen molar-refractivity contribution < 1.29 is 0 Å². The molecule has 2 rings (SSSR count). The summed E-state index contributed by atoms with van der Waals surface area (Å²) in [5.74, 6) is 0. The van der Waals surface area contributed by atoms with Crippen LogP contribution in [-0.4, -0.2) is 0 Å². The number of hydrogen-bond donors (Lipinski definition) is 0. The van der Waals surface area contributed by atoms with Gasteiger partial charge < -0.3 is 0 Å². The molecule has 0 saturated heterocycles. The SMILES string of the molecule is C=C1/C=C\C=C/CCc2ccccc2C1. The van der Waals surface area contributed by atoms with Crippen molar-refractivity contribution >= 4 is 0 Å². The highest BCUT2D eigenvalue weighted by atomic mass is 14.1. The number of allylic oxidation sites excluding steroid dienone is 5. The Labute approximate surface area is 91.6 Å². The Morgan fingerprint density at radius 1 is 1.00 bits per heavy atom. The standard InChI is InChI=1S/C15H16/c1-13-8-4-2-3-5-9-14-10-6-7-11-15(14)12-13/h2-4,6-8,10-11H,1,5,9,12H2/b3-2-,8-4-. The summed E-state index contributed by atoms with van der Waals surface area (Å²) in [5.41, 5.74) is 4.05. The second-order valence-electron chi connectivity index (χ2n) is 3.93. The van der Waals surface area contributed by atoms with E-state index in [0.717, 1.165) is 19.3 Å². The van der Waals surface area contributed by atoms with Crippen LogP contribution < -0.4 is 0 Å². The monoisotopic (exact) mass is 196 g/mol.